The third-order valence-corrected chi connectivity index (χ3v) is 4.61. The normalized spacial score (nSPS) is 10.8. The van der Waals surface area contributed by atoms with Crippen molar-refractivity contribution in [2.24, 2.45) is 0 Å². The van der Waals surface area contributed by atoms with Crippen molar-refractivity contribution >= 4 is 22.4 Å². The van der Waals surface area contributed by atoms with E-state index < -0.39 is 0 Å². The highest BCUT2D eigenvalue weighted by Gasteiger charge is 2.14. The molecule has 124 valence electrons. The molecule has 6 heteroatoms. The first-order valence-electron chi connectivity index (χ1n) is 7.95. The Morgan fingerprint density at radius 2 is 2.09 bits per heavy atom. The summed E-state index contributed by atoms with van der Waals surface area (Å²) in [7, 11) is 0. The Morgan fingerprint density at radius 1 is 1.30 bits per heavy atom. The van der Waals surface area contributed by atoms with Gasteiger partial charge in [0.15, 0.2) is 0 Å². The van der Waals surface area contributed by atoms with Gasteiger partial charge in [0.25, 0.3) is 0 Å². The van der Waals surface area contributed by atoms with Gasteiger partial charge >= 0.3 is 0 Å². The number of rotatable bonds is 8. The van der Waals surface area contributed by atoms with Crippen molar-refractivity contribution in [2.75, 3.05) is 11.9 Å². The highest BCUT2D eigenvalue weighted by atomic mass is 32.1. The van der Waals surface area contributed by atoms with Gasteiger partial charge in [0.1, 0.15) is 10.8 Å². The standard InChI is InChI=1S/C17H23N3O2S/c1-4-13(5-2)16-19-20-17(23-16)18-15(21)9-10-22-14-8-6-7-12(3)11-14/h6-8,11,13H,4-5,9-10H2,1-3H3,(H,18,20,21). The lowest BCUT2D eigenvalue weighted by atomic mass is 10.1. The zero-order valence-electron chi connectivity index (χ0n) is 13.8. The average molecular weight is 333 g/mol. The van der Waals surface area contributed by atoms with Crippen molar-refractivity contribution in [2.45, 2.75) is 46.0 Å². The second-order valence-corrected chi connectivity index (χ2v) is 6.43. The van der Waals surface area contributed by atoms with E-state index in [4.69, 9.17) is 4.74 Å². The van der Waals surface area contributed by atoms with Crippen molar-refractivity contribution < 1.29 is 9.53 Å². The Bertz CT molecular complexity index is 638. The molecule has 0 bridgehead atoms. The monoisotopic (exact) mass is 333 g/mol. The minimum atomic E-state index is -0.107. The second kappa shape index (κ2) is 8.62. The molecule has 1 aromatic carbocycles. The molecule has 0 aliphatic carbocycles. The zero-order valence-corrected chi connectivity index (χ0v) is 14.7. The second-order valence-electron chi connectivity index (χ2n) is 5.42. The van der Waals surface area contributed by atoms with Crippen molar-refractivity contribution in [3.63, 3.8) is 0 Å². The Labute approximate surface area is 141 Å². The van der Waals surface area contributed by atoms with E-state index in [-0.39, 0.29) is 12.3 Å². The van der Waals surface area contributed by atoms with Gasteiger partial charge in [0.05, 0.1) is 13.0 Å². The fourth-order valence-corrected chi connectivity index (χ4v) is 3.26. The minimum absolute atomic E-state index is 0.107. The van der Waals surface area contributed by atoms with E-state index in [1.807, 2.05) is 31.2 Å². The Morgan fingerprint density at radius 3 is 2.78 bits per heavy atom. The number of anilines is 1. The van der Waals surface area contributed by atoms with E-state index in [1.54, 1.807) is 0 Å². The summed E-state index contributed by atoms with van der Waals surface area (Å²) in [5.74, 6) is 1.09. The summed E-state index contributed by atoms with van der Waals surface area (Å²) < 4.78 is 5.58. The molecule has 2 aromatic rings. The Balaban J connectivity index is 1.78. The van der Waals surface area contributed by atoms with Crippen LogP contribution in [-0.2, 0) is 4.79 Å². The number of carbonyl (C=O) groups is 1. The molecular formula is C17H23N3O2S. The molecule has 0 fully saturated rings. The Kier molecular flexibility index (Phi) is 6.52. The zero-order chi connectivity index (χ0) is 16.7. The first-order valence-corrected chi connectivity index (χ1v) is 8.76. The summed E-state index contributed by atoms with van der Waals surface area (Å²) in [5, 5.41) is 12.6. The number of hydrogen-bond donors (Lipinski definition) is 1. The van der Waals surface area contributed by atoms with Crippen LogP contribution in [0.1, 0.15) is 49.6 Å². The van der Waals surface area contributed by atoms with Gasteiger partial charge in [-0.3, -0.25) is 4.79 Å². The van der Waals surface area contributed by atoms with Crippen LogP contribution in [0.2, 0.25) is 0 Å². The van der Waals surface area contributed by atoms with Crippen LogP contribution < -0.4 is 10.1 Å². The number of amides is 1. The van der Waals surface area contributed by atoms with E-state index >= 15 is 0 Å². The van der Waals surface area contributed by atoms with Gasteiger partial charge in [-0.15, -0.1) is 10.2 Å². The van der Waals surface area contributed by atoms with Gasteiger partial charge < -0.3 is 10.1 Å². The number of aryl methyl sites for hydroxylation is 1. The maximum Gasteiger partial charge on any atom is 0.229 e. The van der Waals surface area contributed by atoms with E-state index in [0.29, 0.717) is 17.7 Å². The molecular weight excluding hydrogens is 310 g/mol. The number of ether oxygens (including phenoxy) is 1. The van der Waals surface area contributed by atoms with Crippen LogP contribution in [0.25, 0.3) is 0 Å². The van der Waals surface area contributed by atoms with E-state index in [1.165, 1.54) is 11.3 Å². The summed E-state index contributed by atoms with van der Waals surface area (Å²) in [6.07, 6.45) is 2.35. The van der Waals surface area contributed by atoms with Crippen LogP contribution in [0.15, 0.2) is 24.3 Å². The van der Waals surface area contributed by atoms with Crippen molar-refractivity contribution in [1.29, 1.82) is 0 Å². The molecule has 0 atom stereocenters. The van der Waals surface area contributed by atoms with Gasteiger partial charge in [-0.2, -0.15) is 0 Å². The molecule has 1 aromatic heterocycles. The van der Waals surface area contributed by atoms with E-state index in [2.05, 4.69) is 29.4 Å². The predicted molar refractivity (Wildman–Crippen MR) is 93.2 cm³/mol. The smallest absolute Gasteiger partial charge is 0.229 e. The number of benzene rings is 1. The maximum atomic E-state index is 11.9. The quantitative estimate of drug-likeness (QED) is 0.788. The van der Waals surface area contributed by atoms with Gasteiger partial charge in [-0.1, -0.05) is 37.3 Å². The van der Waals surface area contributed by atoms with Crippen LogP contribution >= 0.6 is 11.3 Å². The van der Waals surface area contributed by atoms with Crippen LogP contribution in [0, 0.1) is 6.92 Å². The fraction of sp³-hybridized carbons (Fsp3) is 0.471. The third kappa shape index (κ3) is 5.32. The molecule has 1 heterocycles. The number of hydrogen-bond acceptors (Lipinski definition) is 5. The van der Waals surface area contributed by atoms with Crippen molar-refractivity contribution in [3.8, 4) is 5.75 Å². The van der Waals surface area contributed by atoms with Crippen molar-refractivity contribution in [3.05, 3.63) is 34.8 Å². The van der Waals surface area contributed by atoms with Crippen molar-refractivity contribution in [1.82, 2.24) is 10.2 Å². The molecule has 0 aliphatic rings. The first kappa shape index (κ1) is 17.4. The number of aromatic nitrogens is 2. The number of carbonyl (C=O) groups excluding carboxylic acids is 1. The highest BCUT2D eigenvalue weighted by Crippen LogP contribution is 2.28. The lowest BCUT2D eigenvalue weighted by Crippen LogP contribution is -2.15. The Hall–Kier alpha value is -1.95. The van der Waals surface area contributed by atoms with Gasteiger partial charge in [0, 0.05) is 5.92 Å². The summed E-state index contributed by atoms with van der Waals surface area (Å²) in [4.78, 5) is 11.9. The van der Waals surface area contributed by atoms with Crippen LogP contribution in [0.4, 0.5) is 5.13 Å². The lowest BCUT2D eigenvalue weighted by Gasteiger charge is -2.07. The van der Waals surface area contributed by atoms with Crippen LogP contribution in [-0.4, -0.2) is 22.7 Å². The molecule has 1 amide bonds. The van der Waals surface area contributed by atoms with E-state index in [9.17, 15) is 4.79 Å². The SMILES string of the molecule is CCC(CC)c1nnc(NC(=O)CCOc2cccc(C)c2)s1. The third-order valence-electron chi connectivity index (χ3n) is 3.61. The fourth-order valence-electron chi connectivity index (χ4n) is 2.24. The summed E-state index contributed by atoms with van der Waals surface area (Å²) in [6, 6.07) is 7.78. The molecule has 5 nitrogen and oxygen atoms in total. The predicted octanol–water partition coefficient (Wildman–Crippen LogP) is 4.16. The molecule has 0 aliphatic heterocycles. The maximum absolute atomic E-state index is 11.9. The molecule has 0 saturated heterocycles. The molecule has 23 heavy (non-hydrogen) atoms. The lowest BCUT2D eigenvalue weighted by molar-refractivity contribution is -0.116. The first-order chi connectivity index (χ1) is 11.1. The van der Waals surface area contributed by atoms with Crippen LogP contribution in [0.5, 0.6) is 5.75 Å². The molecule has 0 unspecified atom stereocenters. The van der Waals surface area contributed by atoms with E-state index in [0.717, 1.165) is 29.2 Å². The summed E-state index contributed by atoms with van der Waals surface area (Å²) in [6.45, 7) is 6.62. The number of nitrogens with zero attached hydrogens (tertiary/aromatic N) is 2. The minimum Gasteiger partial charge on any atom is -0.493 e. The molecule has 0 saturated carbocycles. The molecule has 2 rings (SSSR count). The largest absolute Gasteiger partial charge is 0.493 e. The summed E-state index contributed by atoms with van der Waals surface area (Å²) >= 11 is 1.46. The molecule has 0 radical (unpaired) electrons. The molecule has 1 N–H and O–H groups in total. The summed E-state index contributed by atoms with van der Waals surface area (Å²) in [5.41, 5.74) is 1.13. The van der Waals surface area contributed by atoms with Gasteiger partial charge in [0.2, 0.25) is 11.0 Å². The average Bonchev–Trinajstić information content (AvgIpc) is 2.97. The molecule has 0 spiro atoms. The topological polar surface area (TPSA) is 64.1 Å². The van der Waals surface area contributed by atoms with Gasteiger partial charge in [-0.25, -0.2) is 0 Å². The van der Waals surface area contributed by atoms with Gasteiger partial charge in [-0.05, 0) is 37.5 Å². The highest BCUT2D eigenvalue weighted by molar-refractivity contribution is 7.15. The van der Waals surface area contributed by atoms with Crippen LogP contribution in [0.3, 0.4) is 0 Å². The number of nitrogens with one attached hydrogen (secondary N) is 1.